The molecule has 0 amide bonds. The Labute approximate surface area is 161 Å². The Kier molecular flexibility index (Phi) is 17.4. The van der Waals surface area contributed by atoms with Crippen LogP contribution in [0.15, 0.2) is 0 Å². The molecule has 0 spiro atoms. The molecule has 0 aliphatic carbocycles. The smallest absolute Gasteiger partial charge is 0.0274 e. The maximum absolute atomic E-state index is 2.51. The Hall–Kier alpha value is 0. The molecule has 152 valence electrons. The summed E-state index contributed by atoms with van der Waals surface area (Å²) in [4.78, 5) is 0. The van der Waals surface area contributed by atoms with Gasteiger partial charge < -0.3 is 0 Å². The first-order chi connectivity index (χ1) is 12.1. The van der Waals surface area contributed by atoms with Crippen LogP contribution in [0.5, 0.6) is 0 Å². The minimum absolute atomic E-state index is 0.644. The van der Waals surface area contributed by atoms with Crippen LogP contribution < -0.4 is 0 Å². The van der Waals surface area contributed by atoms with Crippen molar-refractivity contribution in [1.82, 2.24) is 0 Å². The van der Waals surface area contributed by atoms with Crippen molar-refractivity contribution >= 4 is 0 Å². The summed E-state index contributed by atoms with van der Waals surface area (Å²) in [6.07, 6.45) is 26.1. The molecule has 0 fully saturated rings. The number of hydrogen-bond donors (Lipinski definition) is 0. The number of hydrogen-bond acceptors (Lipinski definition) is 0. The van der Waals surface area contributed by atoms with E-state index in [1.165, 1.54) is 116 Å². The second kappa shape index (κ2) is 17.4. The molecule has 0 aliphatic heterocycles. The molecule has 0 aromatic rings. The highest BCUT2D eigenvalue weighted by Crippen LogP contribution is 2.43. The zero-order valence-corrected chi connectivity index (χ0v) is 18.8. The third-order valence-corrected chi connectivity index (χ3v) is 6.56. The van der Waals surface area contributed by atoms with E-state index < -0.39 is 0 Å². The van der Waals surface area contributed by atoms with E-state index in [9.17, 15) is 0 Å². The Morgan fingerprint density at radius 1 is 0.440 bits per heavy atom. The van der Waals surface area contributed by atoms with Gasteiger partial charge in [0.15, 0.2) is 0 Å². The van der Waals surface area contributed by atoms with Crippen LogP contribution in [0.1, 0.15) is 150 Å². The molecule has 0 saturated heterocycles. The van der Waals surface area contributed by atoms with Crippen LogP contribution in [-0.4, -0.2) is 0 Å². The molecule has 0 bridgehead atoms. The molecular formula is C25H52. The van der Waals surface area contributed by atoms with Gasteiger partial charge >= 0.3 is 0 Å². The molecule has 25 heavy (non-hydrogen) atoms. The molecule has 0 saturated carbocycles. The number of rotatable bonds is 19. The molecular weight excluding hydrogens is 300 g/mol. The van der Waals surface area contributed by atoms with E-state index in [1.54, 1.807) is 0 Å². The summed E-state index contributed by atoms with van der Waals surface area (Å²) in [5.74, 6) is 0.857. The van der Waals surface area contributed by atoms with Gasteiger partial charge in [-0.1, -0.05) is 131 Å². The molecule has 0 heteroatoms. The fourth-order valence-electron chi connectivity index (χ4n) is 4.48. The first-order valence-electron chi connectivity index (χ1n) is 12.1. The molecule has 0 radical (unpaired) electrons. The van der Waals surface area contributed by atoms with Gasteiger partial charge in [-0.25, -0.2) is 0 Å². The highest BCUT2D eigenvalue weighted by molar-refractivity contribution is 4.83. The fourth-order valence-corrected chi connectivity index (χ4v) is 4.48. The molecule has 0 heterocycles. The molecule has 0 atom stereocenters. The van der Waals surface area contributed by atoms with Gasteiger partial charge in [0.2, 0.25) is 0 Å². The molecule has 0 unspecified atom stereocenters. The highest BCUT2D eigenvalue weighted by Gasteiger charge is 2.31. The van der Waals surface area contributed by atoms with E-state index in [-0.39, 0.29) is 0 Å². The van der Waals surface area contributed by atoms with Crippen LogP contribution in [0.2, 0.25) is 0 Å². The average Bonchev–Trinajstić information content (AvgIpc) is 2.60. The average molecular weight is 353 g/mol. The molecule has 0 aliphatic rings. The van der Waals surface area contributed by atoms with Crippen molar-refractivity contribution in [3.05, 3.63) is 0 Å². The minimum Gasteiger partial charge on any atom is -0.0654 e. The third kappa shape index (κ3) is 12.9. The van der Waals surface area contributed by atoms with Gasteiger partial charge in [0, 0.05) is 0 Å². The zero-order valence-electron chi connectivity index (χ0n) is 18.8. The molecule has 0 nitrogen and oxygen atoms in total. The van der Waals surface area contributed by atoms with Crippen molar-refractivity contribution in [2.45, 2.75) is 150 Å². The Morgan fingerprint density at radius 2 is 0.720 bits per heavy atom. The second-order valence-electron chi connectivity index (χ2n) is 9.01. The van der Waals surface area contributed by atoms with Crippen molar-refractivity contribution in [1.29, 1.82) is 0 Å². The molecule has 0 aromatic carbocycles. The van der Waals surface area contributed by atoms with Crippen molar-refractivity contribution in [2.75, 3.05) is 0 Å². The van der Waals surface area contributed by atoms with E-state index in [0.717, 1.165) is 5.92 Å². The molecule has 0 aromatic heterocycles. The van der Waals surface area contributed by atoms with Gasteiger partial charge in [-0.3, -0.25) is 0 Å². The van der Waals surface area contributed by atoms with Crippen LogP contribution in [0.3, 0.4) is 0 Å². The summed E-state index contributed by atoms with van der Waals surface area (Å²) in [6.45, 7) is 12.0. The quantitative estimate of drug-likeness (QED) is 0.203. The zero-order chi connectivity index (χ0) is 18.8. The summed E-state index contributed by atoms with van der Waals surface area (Å²) in [6, 6.07) is 0. The number of unbranched alkanes of at least 4 members (excludes halogenated alkanes) is 12. The van der Waals surface area contributed by atoms with Crippen LogP contribution >= 0.6 is 0 Å². The van der Waals surface area contributed by atoms with Crippen LogP contribution in [0.25, 0.3) is 0 Å². The van der Waals surface area contributed by atoms with Crippen molar-refractivity contribution in [2.24, 2.45) is 11.3 Å². The SMILES string of the molecule is CCCCCCCCCC(CCCCCC)(CCCCCC)C(C)C. The lowest BCUT2D eigenvalue weighted by molar-refractivity contribution is 0.123. The first-order valence-corrected chi connectivity index (χ1v) is 12.1. The van der Waals surface area contributed by atoms with Crippen molar-refractivity contribution in [3.63, 3.8) is 0 Å². The minimum atomic E-state index is 0.644. The lowest BCUT2D eigenvalue weighted by Gasteiger charge is -2.39. The lowest BCUT2D eigenvalue weighted by Crippen LogP contribution is -2.27. The maximum Gasteiger partial charge on any atom is -0.0274 e. The van der Waals surface area contributed by atoms with Gasteiger partial charge in [0.25, 0.3) is 0 Å². The predicted octanol–water partition coefficient (Wildman–Crippen LogP) is 9.71. The second-order valence-corrected chi connectivity index (χ2v) is 9.01. The molecule has 0 N–H and O–H groups in total. The topological polar surface area (TPSA) is 0 Å². The Morgan fingerprint density at radius 3 is 1.04 bits per heavy atom. The lowest BCUT2D eigenvalue weighted by atomic mass is 9.67. The van der Waals surface area contributed by atoms with Gasteiger partial charge in [-0.15, -0.1) is 0 Å². The van der Waals surface area contributed by atoms with E-state index in [0.29, 0.717) is 5.41 Å². The largest absolute Gasteiger partial charge is 0.0654 e. The van der Waals surface area contributed by atoms with E-state index in [2.05, 4.69) is 34.6 Å². The van der Waals surface area contributed by atoms with Crippen LogP contribution in [0.4, 0.5) is 0 Å². The fraction of sp³-hybridized carbons (Fsp3) is 1.00. The Balaban J connectivity index is 4.38. The van der Waals surface area contributed by atoms with Crippen LogP contribution in [-0.2, 0) is 0 Å². The molecule has 0 rings (SSSR count). The maximum atomic E-state index is 2.51. The van der Waals surface area contributed by atoms with Gasteiger partial charge in [0.1, 0.15) is 0 Å². The van der Waals surface area contributed by atoms with Gasteiger partial charge in [0.05, 0.1) is 0 Å². The van der Waals surface area contributed by atoms with E-state index >= 15 is 0 Å². The normalized spacial score (nSPS) is 12.2. The summed E-state index contributed by atoms with van der Waals surface area (Å²) in [5, 5.41) is 0. The van der Waals surface area contributed by atoms with Crippen LogP contribution in [0, 0.1) is 11.3 Å². The monoisotopic (exact) mass is 352 g/mol. The summed E-state index contributed by atoms with van der Waals surface area (Å²) >= 11 is 0. The summed E-state index contributed by atoms with van der Waals surface area (Å²) in [5.41, 5.74) is 0.644. The van der Waals surface area contributed by atoms with Gasteiger partial charge in [-0.05, 0) is 30.6 Å². The highest BCUT2D eigenvalue weighted by atomic mass is 14.4. The predicted molar refractivity (Wildman–Crippen MR) is 117 cm³/mol. The summed E-state index contributed by atoms with van der Waals surface area (Å²) < 4.78 is 0. The Bertz CT molecular complexity index is 241. The van der Waals surface area contributed by atoms with Crippen molar-refractivity contribution < 1.29 is 0 Å². The summed E-state index contributed by atoms with van der Waals surface area (Å²) in [7, 11) is 0. The standard InChI is InChI=1S/C25H52/c1-6-9-12-15-16-17-20-23-25(24(4)5,21-18-13-10-7-2)22-19-14-11-8-3/h24H,6-23H2,1-5H3. The van der Waals surface area contributed by atoms with E-state index in [4.69, 9.17) is 0 Å². The van der Waals surface area contributed by atoms with Crippen molar-refractivity contribution in [3.8, 4) is 0 Å². The van der Waals surface area contributed by atoms with E-state index in [1.807, 2.05) is 0 Å². The first kappa shape index (κ1) is 25.0. The van der Waals surface area contributed by atoms with Gasteiger partial charge in [-0.2, -0.15) is 0 Å². The third-order valence-electron chi connectivity index (χ3n) is 6.56.